The average molecular weight is 354 g/mol. The van der Waals surface area contributed by atoms with Crippen LogP contribution in [0.2, 0.25) is 0 Å². The van der Waals surface area contributed by atoms with Gasteiger partial charge in [-0.05, 0) is 34.5 Å². The van der Waals surface area contributed by atoms with Gasteiger partial charge in [0.05, 0.1) is 18.7 Å². The first-order valence-corrected chi connectivity index (χ1v) is 7.96. The number of aromatic nitrogens is 2. The molecule has 114 valence electrons. The molecule has 6 heteroatoms. The Balaban J connectivity index is 1.75. The fourth-order valence-corrected chi connectivity index (χ4v) is 2.21. The number of hydrogen-bond donors (Lipinski definition) is 1. The lowest BCUT2D eigenvalue weighted by Gasteiger charge is -2.03. The summed E-state index contributed by atoms with van der Waals surface area (Å²) >= 11 is 3.48. The van der Waals surface area contributed by atoms with Crippen molar-refractivity contribution in [1.82, 2.24) is 15.5 Å². The number of ether oxygens (including phenoxy) is 1. The van der Waals surface area contributed by atoms with Crippen LogP contribution < -0.4 is 5.32 Å². The van der Waals surface area contributed by atoms with Gasteiger partial charge in [0.2, 0.25) is 11.8 Å². The van der Waals surface area contributed by atoms with E-state index in [9.17, 15) is 0 Å². The molecule has 0 saturated carbocycles. The molecule has 0 aliphatic heterocycles. The average Bonchev–Trinajstić information content (AvgIpc) is 2.95. The van der Waals surface area contributed by atoms with E-state index >= 15 is 0 Å². The predicted molar refractivity (Wildman–Crippen MR) is 84.9 cm³/mol. The summed E-state index contributed by atoms with van der Waals surface area (Å²) in [4.78, 5) is 0. The van der Waals surface area contributed by atoms with Gasteiger partial charge in [0.25, 0.3) is 0 Å². The highest BCUT2D eigenvalue weighted by Gasteiger charge is 2.10. The number of nitrogens with one attached hydrogen (secondary N) is 1. The van der Waals surface area contributed by atoms with Crippen molar-refractivity contribution >= 4 is 15.9 Å². The lowest BCUT2D eigenvalue weighted by Crippen LogP contribution is -2.19. The molecule has 0 aliphatic rings. The number of halogens is 1. The maximum Gasteiger partial charge on any atom is 0.248 e. The van der Waals surface area contributed by atoms with Crippen molar-refractivity contribution in [3.63, 3.8) is 0 Å². The number of nitrogens with zero attached hydrogens (tertiary/aromatic N) is 2. The minimum atomic E-state index is 0.526. The molecule has 0 atom stereocenters. The Hall–Kier alpha value is -1.24. The summed E-state index contributed by atoms with van der Waals surface area (Å²) in [6.45, 7) is 5.00. The van der Waals surface area contributed by atoms with E-state index < -0.39 is 0 Å². The van der Waals surface area contributed by atoms with Gasteiger partial charge in [-0.3, -0.25) is 0 Å². The number of unbranched alkanes of at least 4 members (excludes halogenated alkanes) is 1. The summed E-state index contributed by atoms with van der Waals surface area (Å²) in [5.41, 5.74) is 0.902. The summed E-state index contributed by atoms with van der Waals surface area (Å²) in [6.07, 6.45) is 2.27. The van der Waals surface area contributed by atoms with Crippen molar-refractivity contribution in [3.8, 4) is 11.5 Å². The van der Waals surface area contributed by atoms with Crippen molar-refractivity contribution in [1.29, 1.82) is 0 Å². The van der Waals surface area contributed by atoms with Gasteiger partial charge in [-0.25, -0.2) is 0 Å². The zero-order valence-corrected chi connectivity index (χ0v) is 13.7. The Bertz CT molecular complexity index is 545. The minimum absolute atomic E-state index is 0.526. The second kappa shape index (κ2) is 8.92. The van der Waals surface area contributed by atoms with Gasteiger partial charge in [0.1, 0.15) is 0 Å². The molecule has 1 N–H and O–H groups in total. The maximum absolute atomic E-state index is 5.64. The monoisotopic (exact) mass is 353 g/mol. The van der Waals surface area contributed by atoms with Crippen LogP contribution in [-0.2, 0) is 11.3 Å². The van der Waals surface area contributed by atoms with Crippen molar-refractivity contribution in [2.24, 2.45) is 0 Å². The summed E-state index contributed by atoms with van der Waals surface area (Å²) in [7, 11) is 0. The lowest BCUT2D eigenvalue weighted by molar-refractivity contribution is 0.132. The zero-order chi connectivity index (χ0) is 14.9. The van der Waals surface area contributed by atoms with Crippen LogP contribution in [0.1, 0.15) is 25.7 Å². The molecule has 2 rings (SSSR count). The molecule has 0 bridgehead atoms. The third kappa shape index (κ3) is 5.22. The molecule has 0 spiro atoms. The van der Waals surface area contributed by atoms with Gasteiger partial charge < -0.3 is 14.5 Å². The Kier molecular flexibility index (Phi) is 6.85. The van der Waals surface area contributed by atoms with Crippen molar-refractivity contribution in [2.45, 2.75) is 26.3 Å². The fraction of sp³-hybridized carbons (Fsp3) is 0.467. The highest BCUT2D eigenvalue weighted by molar-refractivity contribution is 9.10. The second-order valence-corrected chi connectivity index (χ2v) is 5.48. The molecule has 0 saturated heterocycles. The van der Waals surface area contributed by atoms with E-state index in [-0.39, 0.29) is 0 Å². The molecular formula is C15H20BrN3O2. The first-order valence-electron chi connectivity index (χ1n) is 7.17. The quantitative estimate of drug-likeness (QED) is 0.700. The zero-order valence-electron chi connectivity index (χ0n) is 12.1. The maximum atomic E-state index is 5.64. The SMILES string of the molecule is CCCCOCCNCc1nnc(-c2ccccc2Br)o1. The topological polar surface area (TPSA) is 60.2 Å². The molecule has 1 heterocycles. The van der Waals surface area contributed by atoms with Crippen molar-refractivity contribution in [2.75, 3.05) is 19.8 Å². The van der Waals surface area contributed by atoms with E-state index in [2.05, 4.69) is 38.4 Å². The van der Waals surface area contributed by atoms with Crippen molar-refractivity contribution in [3.05, 3.63) is 34.6 Å². The van der Waals surface area contributed by atoms with Gasteiger partial charge in [-0.2, -0.15) is 0 Å². The van der Waals surface area contributed by atoms with E-state index in [4.69, 9.17) is 9.15 Å². The van der Waals surface area contributed by atoms with E-state index in [0.29, 0.717) is 24.9 Å². The molecule has 1 aromatic heterocycles. The van der Waals surface area contributed by atoms with Crippen LogP contribution in [0, 0.1) is 0 Å². The molecular weight excluding hydrogens is 334 g/mol. The van der Waals surface area contributed by atoms with Gasteiger partial charge in [0.15, 0.2) is 0 Å². The molecule has 0 amide bonds. The number of hydrogen-bond acceptors (Lipinski definition) is 5. The minimum Gasteiger partial charge on any atom is -0.419 e. The van der Waals surface area contributed by atoms with Crippen LogP contribution >= 0.6 is 15.9 Å². The van der Waals surface area contributed by atoms with Crippen LogP contribution in [0.3, 0.4) is 0 Å². The van der Waals surface area contributed by atoms with E-state index in [1.54, 1.807) is 0 Å². The highest BCUT2D eigenvalue weighted by atomic mass is 79.9. The van der Waals surface area contributed by atoms with E-state index in [0.717, 1.165) is 36.0 Å². The first-order chi connectivity index (χ1) is 10.3. The standard InChI is InChI=1S/C15H20BrN3O2/c1-2-3-9-20-10-8-17-11-14-18-19-15(21-14)12-6-4-5-7-13(12)16/h4-7,17H,2-3,8-11H2,1H3. The highest BCUT2D eigenvalue weighted by Crippen LogP contribution is 2.26. The second-order valence-electron chi connectivity index (χ2n) is 4.62. The van der Waals surface area contributed by atoms with Crippen LogP contribution in [0.15, 0.2) is 33.2 Å². The first kappa shape index (κ1) is 16.1. The molecule has 0 fully saturated rings. The third-order valence-electron chi connectivity index (χ3n) is 2.91. The molecule has 0 aliphatic carbocycles. The Morgan fingerprint density at radius 2 is 2.10 bits per heavy atom. The summed E-state index contributed by atoms with van der Waals surface area (Å²) < 4.78 is 12.0. The Morgan fingerprint density at radius 1 is 1.24 bits per heavy atom. The van der Waals surface area contributed by atoms with Gasteiger partial charge in [0, 0.05) is 17.6 Å². The van der Waals surface area contributed by atoms with Crippen LogP contribution in [0.25, 0.3) is 11.5 Å². The van der Waals surface area contributed by atoms with Crippen LogP contribution in [0.4, 0.5) is 0 Å². The van der Waals surface area contributed by atoms with E-state index in [1.807, 2.05) is 24.3 Å². The lowest BCUT2D eigenvalue weighted by atomic mass is 10.2. The number of rotatable bonds is 9. The predicted octanol–water partition coefficient (Wildman–Crippen LogP) is 3.41. The van der Waals surface area contributed by atoms with E-state index in [1.165, 1.54) is 0 Å². The van der Waals surface area contributed by atoms with Crippen LogP contribution in [-0.4, -0.2) is 30.0 Å². The summed E-state index contributed by atoms with van der Waals surface area (Å²) in [5, 5.41) is 11.3. The van der Waals surface area contributed by atoms with Gasteiger partial charge in [-0.15, -0.1) is 10.2 Å². The molecule has 0 unspecified atom stereocenters. The van der Waals surface area contributed by atoms with Crippen LogP contribution in [0.5, 0.6) is 0 Å². The number of benzene rings is 1. The summed E-state index contributed by atoms with van der Waals surface area (Å²) in [5.74, 6) is 1.10. The fourth-order valence-electron chi connectivity index (χ4n) is 1.76. The van der Waals surface area contributed by atoms with Gasteiger partial charge in [-0.1, -0.05) is 25.5 Å². The summed E-state index contributed by atoms with van der Waals surface area (Å²) in [6, 6.07) is 7.78. The van der Waals surface area contributed by atoms with Crippen molar-refractivity contribution < 1.29 is 9.15 Å². The Morgan fingerprint density at radius 3 is 2.90 bits per heavy atom. The Labute approximate surface area is 133 Å². The smallest absolute Gasteiger partial charge is 0.248 e. The molecule has 21 heavy (non-hydrogen) atoms. The molecule has 0 radical (unpaired) electrons. The molecule has 2 aromatic rings. The normalized spacial score (nSPS) is 11.0. The van der Waals surface area contributed by atoms with Gasteiger partial charge >= 0.3 is 0 Å². The largest absolute Gasteiger partial charge is 0.419 e. The molecule has 5 nitrogen and oxygen atoms in total. The molecule has 1 aromatic carbocycles. The third-order valence-corrected chi connectivity index (χ3v) is 3.60.